The first-order valence-electron chi connectivity index (χ1n) is 6.38. The minimum absolute atomic E-state index is 0.784. The molecule has 6 heteroatoms. The summed E-state index contributed by atoms with van der Waals surface area (Å²) in [5.41, 5.74) is 0.980. The molecule has 19 heavy (non-hydrogen) atoms. The molecule has 0 aliphatic carbocycles. The zero-order chi connectivity index (χ0) is 13.7. The van der Waals surface area contributed by atoms with E-state index < -0.39 is 0 Å². The number of hydrogen-bond acceptors (Lipinski definition) is 6. The van der Waals surface area contributed by atoms with Crippen LogP contribution in [-0.4, -0.2) is 61.5 Å². The van der Waals surface area contributed by atoms with E-state index in [4.69, 9.17) is 0 Å². The van der Waals surface area contributed by atoms with Crippen LogP contribution < -0.4 is 10.2 Å². The van der Waals surface area contributed by atoms with Gasteiger partial charge in [-0.05, 0) is 26.2 Å². The lowest BCUT2D eigenvalue weighted by molar-refractivity contribution is 0.415. The van der Waals surface area contributed by atoms with E-state index >= 15 is 0 Å². The van der Waals surface area contributed by atoms with Crippen LogP contribution in [-0.2, 0) is 0 Å². The number of rotatable bonds is 5. The van der Waals surface area contributed by atoms with Gasteiger partial charge in [-0.2, -0.15) is 0 Å². The van der Waals surface area contributed by atoms with Crippen LogP contribution >= 0.6 is 11.8 Å². The number of aromatic nitrogens is 2. The van der Waals surface area contributed by atoms with Crippen LogP contribution in [0.4, 0.5) is 5.95 Å². The zero-order valence-corrected chi connectivity index (χ0v) is 12.6. The quantitative estimate of drug-likeness (QED) is 0.871. The lowest BCUT2D eigenvalue weighted by atomic mass is 10.3. The van der Waals surface area contributed by atoms with Gasteiger partial charge >= 0.3 is 0 Å². The summed E-state index contributed by atoms with van der Waals surface area (Å²) in [4.78, 5) is 14.5. The molecule has 1 aliphatic heterocycles. The molecule has 0 saturated carbocycles. The zero-order valence-electron chi connectivity index (χ0n) is 11.8. The average Bonchev–Trinajstić information content (AvgIpc) is 2.89. The molecule has 0 atom stereocenters. The van der Waals surface area contributed by atoms with E-state index in [-0.39, 0.29) is 0 Å². The van der Waals surface area contributed by atoms with Gasteiger partial charge in [0.1, 0.15) is 0 Å². The minimum atomic E-state index is 0.784. The van der Waals surface area contributed by atoms with Crippen molar-refractivity contribution in [3.05, 3.63) is 22.9 Å². The Morgan fingerprint density at radius 3 is 2.89 bits per heavy atom. The molecule has 1 fully saturated rings. The third-order valence-corrected chi connectivity index (χ3v) is 3.84. The fourth-order valence-corrected chi connectivity index (χ4v) is 2.50. The van der Waals surface area contributed by atoms with Gasteiger partial charge in [0.2, 0.25) is 5.95 Å². The summed E-state index contributed by atoms with van der Waals surface area (Å²) >= 11 is 1.83. The van der Waals surface area contributed by atoms with Crippen molar-refractivity contribution >= 4 is 23.8 Å². The van der Waals surface area contributed by atoms with Crippen molar-refractivity contribution in [2.24, 2.45) is 0 Å². The Labute approximate surface area is 119 Å². The molecule has 1 N–H and O–H groups in total. The van der Waals surface area contributed by atoms with E-state index in [1.807, 2.05) is 31.1 Å². The second kappa shape index (κ2) is 6.88. The number of likely N-dealkylation sites (N-methyl/N-ethyl adjacent to an activating group) is 2. The highest BCUT2D eigenvalue weighted by Gasteiger charge is 2.08. The lowest BCUT2D eigenvalue weighted by Crippen LogP contribution is -2.29. The molecule has 2 rings (SSSR count). The number of thioether (sulfide) groups is 1. The summed E-state index contributed by atoms with van der Waals surface area (Å²) < 4.78 is 0. The van der Waals surface area contributed by atoms with Gasteiger partial charge in [0, 0.05) is 43.7 Å². The number of hydrogen-bond donors (Lipinski definition) is 1. The van der Waals surface area contributed by atoms with Crippen molar-refractivity contribution < 1.29 is 0 Å². The van der Waals surface area contributed by atoms with Gasteiger partial charge in [0.05, 0.1) is 5.69 Å². The number of nitrogens with zero attached hydrogens (tertiary/aromatic N) is 4. The summed E-state index contributed by atoms with van der Waals surface area (Å²) in [5, 5.41) is 3.30. The monoisotopic (exact) mass is 279 g/mol. The fourth-order valence-electron chi connectivity index (χ4n) is 1.70. The normalized spacial score (nSPS) is 17.4. The van der Waals surface area contributed by atoms with Crippen LogP contribution in [0.15, 0.2) is 17.2 Å². The maximum Gasteiger partial charge on any atom is 0.225 e. The SMILES string of the molecule is CN(C)CCN(C)c1nccc(/C=C2/CNCS2)n1. The molecule has 2 heterocycles. The highest BCUT2D eigenvalue weighted by atomic mass is 32.2. The van der Waals surface area contributed by atoms with Crippen molar-refractivity contribution in [3.63, 3.8) is 0 Å². The van der Waals surface area contributed by atoms with E-state index in [0.29, 0.717) is 0 Å². The minimum Gasteiger partial charge on any atom is -0.343 e. The molecule has 5 nitrogen and oxygen atoms in total. The van der Waals surface area contributed by atoms with Gasteiger partial charge in [0.15, 0.2) is 0 Å². The molecule has 0 radical (unpaired) electrons. The maximum absolute atomic E-state index is 4.59. The Hall–Kier alpha value is -1.11. The average molecular weight is 279 g/mol. The van der Waals surface area contributed by atoms with Crippen LogP contribution in [0.1, 0.15) is 5.69 Å². The van der Waals surface area contributed by atoms with E-state index in [0.717, 1.165) is 37.2 Å². The first kappa shape index (κ1) is 14.3. The van der Waals surface area contributed by atoms with Crippen LogP contribution in [0.3, 0.4) is 0 Å². The maximum atomic E-state index is 4.59. The molecular weight excluding hydrogens is 258 g/mol. The Bertz CT molecular complexity index is 438. The third kappa shape index (κ3) is 4.49. The Kier molecular flexibility index (Phi) is 5.18. The molecule has 0 amide bonds. The van der Waals surface area contributed by atoms with Crippen molar-refractivity contribution in [2.45, 2.75) is 0 Å². The Balaban J connectivity index is 2.03. The largest absolute Gasteiger partial charge is 0.343 e. The standard InChI is InChI=1S/C13H21N5S/c1-17(2)6-7-18(3)13-15-5-4-11(16-13)8-12-9-14-10-19-12/h4-5,8,14H,6-7,9-10H2,1-3H3/b12-8-. The summed E-state index contributed by atoms with van der Waals surface area (Å²) in [7, 11) is 6.17. The fraction of sp³-hybridized carbons (Fsp3) is 0.538. The van der Waals surface area contributed by atoms with Gasteiger partial charge in [-0.15, -0.1) is 11.8 Å². The predicted molar refractivity (Wildman–Crippen MR) is 82.3 cm³/mol. The first-order chi connectivity index (χ1) is 9.15. The van der Waals surface area contributed by atoms with Gasteiger partial charge in [-0.3, -0.25) is 0 Å². The molecule has 1 aromatic rings. The number of nitrogens with one attached hydrogen (secondary N) is 1. The van der Waals surface area contributed by atoms with E-state index in [1.165, 1.54) is 4.91 Å². The second-order valence-electron chi connectivity index (χ2n) is 4.83. The first-order valence-corrected chi connectivity index (χ1v) is 7.37. The Morgan fingerprint density at radius 1 is 1.37 bits per heavy atom. The summed E-state index contributed by atoms with van der Waals surface area (Å²) in [6, 6.07) is 1.95. The number of anilines is 1. The molecule has 0 bridgehead atoms. The lowest BCUT2D eigenvalue weighted by Gasteiger charge is -2.19. The molecule has 0 spiro atoms. The molecule has 1 saturated heterocycles. The van der Waals surface area contributed by atoms with Crippen molar-refractivity contribution in [1.29, 1.82) is 0 Å². The second-order valence-corrected chi connectivity index (χ2v) is 5.93. The summed E-state index contributed by atoms with van der Waals surface area (Å²) in [6.07, 6.45) is 3.96. The van der Waals surface area contributed by atoms with Crippen molar-refractivity contribution in [3.8, 4) is 0 Å². The van der Waals surface area contributed by atoms with Crippen LogP contribution in [0.2, 0.25) is 0 Å². The van der Waals surface area contributed by atoms with Crippen LogP contribution in [0, 0.1) is 0 Å². The Morgan fingerprint density at radius 2 is 2.21 bits per heavy atom. The van der Waals surface area contributed by atoms with Crippen molar-refractivity contribution in [2.75, 3.05) is 51.6 Å². The predicted octanol–water partition coefficient (Wildman–Crippen LogP) is 1.11. The van der Waals surface area contributed by atoms with Gasteiger partial charge in [-0.25, -0.2) is 9.97 Å². The summed E-state index contributed by atoms with van der Waals surface area (Å²) in [6.45, 7) is 2.86. The van der Waals surface area contributed by atoms with Gasteiger partial charge < -0.3 is 15.1 Å². The summed E-state index contributed by atoms with van der Waals surface area (Å²) in [5.74, 6) is 1.78. The smallest absolute Gasteiger partial charge is 0.225 e. The topological polar surface area (TPSA) is 44.3 Å². The van der Waals surface area contributed by atoms with E-state index in [9.17, 15) is 0 Å². The van der Waals surface area contributed by atoms with E-state index in [2.05, 4.69) is 45.3 Å². The molecular formula is C13H21N5S. The highest BCUT2D eigenvalue weighted by Crippen LogP contribution is 2.21. The molecule has 0 aromatic carbocycles. The molecule has 0 unspecified atom stereocenters. The molecule has 1 aromatic heterocycles. The van der Waals surface area contributed by atoms with Crippen molar-refractivity contribution in [1.82, 2.24) is 20.2 Å². The molecule has 104 valence electrons. The van der Waals surface area contributed by atoms with Gasteiger partial charge in [0.25, 0.3) is 0 Å². The van der Waals surface area contributed by atoms with E-state index in [1.54, 1.807) is 0 Å². The van der Waals surface area contributed by atoms with Crippen LogP contribution in [0.25, 0.3) is 6.08 Å². The third-order valence-electron chi connectivity index (χ3n) is 2.86. The molecule has 1 aliphatic rings. The van der Waals surface area contributed by atoms with Crippen LogP contribution in [0.5, 0.6) is 0 Å². The van der Waals surface area contributed by atoms with Gasteiger partial charge in [-0.1, -0.05) is 0 Å². The highest BCUT2D eigenvalue weighted by molar-refractivity contribution is 8.03.